The van der Waals surface area contributed by atoms with Gasteiger partial charge in [-0.05, 0) is 63.3 Å². The molecule has 2 rings (SSSR count). The lowest BCUT2D eigenvalue weighted by atomic mass is 10.1. The molecule has 3 nitrogen and oxygen atoms in total. The molecule has 1 aromatic carbocycles. The van der Waals surface area contributed by atoms with Gasteiger partial charge in [0.1, 0.15) is 5.75 Å². The zero-order valence-electron chi connectivity index (χ0n) is 14.8. The summed E-state index contributed by atoms with van der Waals surface area (Å²) in [6.45, 7) is 8.69. The zero-order valence-corrected chi connectivity index (χ0v) is 15.6. The molecule has 128 valence electrons. The molecule has 0 aromatic heterocycles. The van der Waals surface area contributed by atoms with E-state index in [1.165, 1.54) is 31.2 Å². The predicted octanol–water partition coefficient (Wildman–Crippen LogP) is 4.17. The minimum absolute atomic E-state index is 0.0319. The number of rotatable bonds is 7. The lowest BCUT2D eigenvalue weighted by molar-refractivity contribution is -0.127. The van der Waals surface area contributed by atoms with Crippen molar-refractivity contribution < 1.29 is 9.53 Å². The van der Waals surface area contributed by atoms with Gasteiger partial charge < -0.3 is 10.1 Å². The van der Waals surface area contributed by atoms with Gasteiger partial charge in [-0.3, -0.25) is 4.79 Å². The number of ether oxygens (including phenoxy) is 1. The predicted molar refractivity (Wildman–Crippen MR) is 98.5 cm³/mol. The van der Waals surface area contributed by atoms with Crippen LogP contribution in [0.1, 0.15) is 49.3 Å². The Labute approximate surface area is 144 Å². The summed E-state index contributed by atoms with van der Waals surface area (Å²) in [6.07, 6.45) is 4.94. The van der Waals surface area contributed by atoms with E-state index in [0.29, 0.717) is 0 Å². The summed E-state index contributed by atoms with van der Waals surface area (Å²) in [5.41, 5.74) is 3.45. The molecule has 0 bridgehead atoms. The molecular weight excluding hydrogens is 306 g/mol. The van der Waals surface area contributed by atoms with Crippen molar-refractivity contribution in [1.82, 2.24) is 5.32 Å². The van der Waals surface area contributed by atoms with Crippen LogP contribution >= 0.6 is 11.8 Å². The third kappa shape index (κ3) is 5.45. The average Bonchev–Trinajstić information content (AvgIpc) is 3.01. The summed E-state index contributed by atoms with van der Waals surface area (Å²) < 4.78 is 5.88. The van der Waals surface area contributed by atoms with Crippen LogP contribution in [-0.4, -0.2) is 29.6 Å². The molecule has 0 saturated heterocycles. The molecule has 1 aromatic rings. The van der Waals surface area contributed by atoms with Crippen molar-refractivity contribution in [2.75, 3.05) is 12.3 Å². The fourth-order valence-corrected chi connectivity index (χ4v) is 4.19. The smallest absolute Gasteiger partial charge is 0.260 e. The van der Waals surface area contributed by atoms with E-state index in [9.17, 15) is 4.79 Å². The van der Waals surface area contributed by atoms with E-state index in [2.05, 4.69) is 18.3 Å². The first-order valence-electron chi connectivity index (χ1n) is 8.61. The van der Waals surface area contributed by atoms with Gasteiger partial charge in [-0.2, -0.15) is 11.8 Å². The first-order valence-corrected chi connectivity index (χ1v) is 9.66. The first kappa shape index (κ1) is 18.2. The summed E-state index contributed by atoms with van der Waals surface area (Å²) in [6, 6.07) is 4.13. The minimum Gasteiger partial charge on any atom is -0.481 e. The first-order chi connectivity index (χ1) is 11.0. The molecule has 0 heterocycles. The Morgan fingerprint density at radius 2 is 2.00 bits per heavy atom. The highest BCUT2D eigenvalue weighted by molar-refractivity contribution is 7.99. The number of benzene rings is 1. The summed E-state index contributed by atoms with van der Waals surface area (Å²) in [4.78, 5) is 12.2. The molecule has 4 heteroatoms. The Morgan fingerprint density at radius 3 is 2.70 bits per heavy atom. The van der Waals surface area contributed by atoms with Gasteiger partial charge in [0.25, 0.3) is 5.91 Å². The number of hydrogen-bond acceptors (Lipinski definition) is 3. The maximum Gasteiger partial charge on any atom is 0.260 e. The highest BCUT2D eigenvalue weighted by atomic mass is 32.2. The summed E-state index contributed by atoms with van der Waals surface area (Å²) >= 11 is 1.99. The number of carbonyl (C=O) groups excluding carboxylic acids is 1. The fraction of sp³-hybridized carbons (Fsp3) is 0.632. The normalized spacial score (nSPS) is 16.3. The van der Waals surface area contributed by atoms with Crippen LogP contribution in [0, 0.1) is 20.8 Å². The Kier molecular flexibility index (Phi) is 6.82. The highest BCUT2D eigenvalue weighted by Gasteiger charge is 2.17. The van der Waals surface area contributed by atoms with Gasteiger partial charge in [0.2, 0.25) is 0 Å². The lowest BCUT2D eigenvalue weighted by Crippen LogP contribution is -2.37. The van der Waals surface area contributed by atoms with Gasteiger partial charge >= 0.3 is 0 Å². The van der Waals surface area contributed by atoms with Crippen molar-refractivity contribution in [3.63, 3.8) is 0 Å². The van der Waals surface area contributed by atoms with Crippen molar-refractivity contribution in [3.05, 3.63) is 28.8 Å². The second kappa shape index (κ2) is 8.62. The third-order valence-corrected chi connectivity index (χ3v) is 5.88. The topological polar surface area (TPSA) is 38.3 Å². The fourth-order valence-electron chi connectivity index (χ4n) is 2.97. The molecular formula is C19H29NO2S. The highest BCUT2D eigenvalue weighted by Crippen LogP contribution is 2.29. The zero-order chi connectivity index (χ0) is 16.8. The van der Waals surface area contributed by atoms with Gasteiger partial charge in [0.15, 0.2) is 6.10 Å². The van der Waals surface area contributed by atoms with Crippen LogP contribution in [0.3, 0.4) is 0 Å². The van der Waals surface area contributed by atoms with Crippen LogP contribution in [-0.2, 0) is 4.79 Å². The summed E-state index contributed by atoms with van der Waals surface area (Å²) in [7, 11) is 0. The van der Waals surface area contributed by atoms with E-state index < -0.39 is 6.10 Å². The molecule has 23 heavy (non-hydrogen) atoms. The van der Waals surface area contributed by atoms with Crippen LogP contribution < -0.4 is 10.1 Å². The monoisotopic (exact) mass is 335 g/mol. The summed E-state index contributed by atoms with van der Waals surface area (Å²) in [5, 5.41) is 3.79. The molecule has 0 aliphatic heterocycles. The Balaban J connectivity index is 1.76. The number of amides is 1. The van der Waals surface area contributed by atoms with Crippen molar-refractivity contribution >= 4 is 17.7 Å². The Bertz CT molecular complexity index is 538. The molecule has 1 atom stereocenters. The Morgan fingerprint density at radius 1 is 1.30 bits per heavy atom. The second-order valence-electron chi connectivity index (χ2n) is 6.53. The number of aryl methyl sites for hydroxylation is 2. The quantitative estimate of drug-likeness (QED) is 0.760. The van der Waals surface area contributed by atoms with Gasteiger partial charge in [-0.15, -0.1) is 0 Å². The van der Waals surface area contributed by atoms with Crippen LogP contribution in [0.5, 0.6) is 5.75 Å². The van der Waals surface area contributed by atoms with Crippen LogP contribution in [0.15, 0.2) is 12.1 Å². The van der Waals surface area contributed by atoms with Crippen molar-refractivity contribution in [2.24, 2.45) is 0 Å². The van der Waals surface area contributed by atoms with Gasteiger partial charge in [-0.1, -0.05) is 18.9 Å². The minimum atomic E-state index is -0.466. The average molecular weight is 336 g/mol. The van der Waals surface area contributed by atoms with Gasteiger partial charge in [0, 0.05) is 17.5 Å². The van der Waals surface area contributed by atoms with Gasteiger partial charge in [-0.25, -0.2) is 0 Å². The van der Waals surface area contributed by atoms with Crippen LogP contribution in [0.25, 0.3) is 0 Å². The van der Waals surface area contributed by atoms with Gasteiger partial charge in [0.05, 0.1) is 0 Å². The largest absolute Gasteiger partial charge is 0.481 e. The maximum atomic E-state index is 12.2. The molecule has 1 fully saturated rings. The van der Waals surface area contributed by atoms with Crippen LogP contribution in [0.2, 0.25) is 0 Å². The molecule has 0 radical (unpaired) electrons. The maximum absolute atomic E-state index is 12.2. The van der Waals surface area contributed by atoms with E-state index >= 15 is 0 Å². The molecule has 0 spiro atoms. The second-order valence-corrected chi connectivity index (χ2v) is 7.94. The number of hydrogen-bond donors (Lipinski definition) is 1. The van der Waals surface area contributed by atoms with E-state index in [1.54, 1.807) is 0 Å². The molecule has 1 N–H and O–H groups in total. The standard InChI is InChI=1S/C19H29NO2S/c1-13-11-14(2)15(3)18(12-13)22-16(4)19(21)20-9-10-23-17-7-5-6-8-17/h11-12,16-17H,5-10H2,1-4H3,(H,20,21)/t16-/m0/s1. The summed E-state index contributed by atoms with van der Waals surface area (Å²) in [5.74, 6) is 1.77. The molecule has 0 unspecified atom stereocenters. The van der Waals surface area contributed by atoms with E-state index in [-0.39, 0.29) is 5.91 Å². The van der Waals surface area contributed by atoms with Crippen molar-refractivity contribution in [2.45, 2.75) is 64.7 Å². The van der Waals surface area contributed by atoms with E-state index in [0.717, 1.165) is 34.4 Å². The lowest BCUT2D eigenvalue weighted by Gasteiger charge is -2.18. The van der Waals surface area contributed by atoms with Crippen LogP contribution in [0.4, 0.5) is 0 Å². The van der Waals surface area contributed by atoms with Crippen molar-refractivity contribution in [3.8, 4) is 5.75 Å². The van der Waals surface area contributed by atoms with E-state index in [4.69, 9.17) is 4.74 Å². The SMILES string of the molecule is Cc1cc(C)c(C)c(O[C@@H](C)C(=O)NCCSC2CCCC2)c1. The molecule has 1 aliphatic rings. The number of thioether (sulfide) groups is 1. The molecule has 1 saturated carbocycles. The number of carbonyl (C=O) groups is 1. The molecule has 1 amide bonds. The number of nitrogens with one attached hydrogen (secondary N) is 1. The van der Waals surface area contributed by atoms with Crippen molar-refractivity contribution in [1.29, 1.82) is 0 Å². The third-order valence-electron chi connectivity index (χ3n) is 4.49. The van der Waals surface area contributed by atoms with E-state index in [1.807, 2.05) is 38.6 Å². The molecule has 1 aliphatic carbocycles. The Hall–Kier alpha value is -1.16.